The Hall–Kier alpha value is -1.23. The fourth-order valence-electron chi connectivity index (χ4n) is 2.25. The van der Waals surface area contributed by atoms with Crippen LogP contribution in [0.15, 0.2) is 12.1 Å². The van der Waals surface area contributed by atoms with E-state index >= 15 is 0 Å². The smallest absolute Gasteiger partial charge is 0.161 e. The second-order valence-corrected chi connectivity index (χ2v) is 4.83. The molecule has 2 nitrogen and oxygen atoms in total. The molecular weight excluding hydrogens is 241 g/mol. The largest absolute Gasteiger partial charge is 0.369 e. The van der Waals surface area contributed by atoms with Crippen molar-refractivity contribution in [3.8, 4) is 0 Å². The molecule has 1 aliphatic rings. The molecule has 1 heterocycles. The van der Waals surface area contributed by atoms with Gasteiger partial charge in [0.2, 0.25) is 0 Å². The quantitative estimate of drug-likeness (QED) is 0.779. The van der Waals surface area contributed by atoms with Gasteiger partial charge in [-0.05, 0) is 25.4 Å². The van der Waals surface area contributed by atoms with Crippen molar-refractivity contribution in [3.05, 3.63) is 29.6 Å². The predicted octanol–water partition coefficient (Wildman–Crippen LogP) is 2.54. The molecule has 1 aromatic carbocycles. The summed E-state index contributed by atoms with van der Waals surface area (Å²) in [7, 11) is 0. The third kappa shape index (κ3) is 2.96. The molecule has 0 radical (unpaired) electrons. The van der Waals surface area contributed by atoms with E-state index in [9.17, 15) is 13.2 Å². The zero-order valence-corrected chi connectivity index (χ0v) is 10.3. The van der Waals surface area contributed by atoms with Crippen LogP contribution in [-0.4, -0.2) is 26.2 Å². The van der Waals surface area contributed by atoms with Gasteiger partial charge in [-0.2, -0.15) is 0 Å². The molecule has 0 saturated carbocycles. The Morgan fingerprint density at radius 3 is 2.67 bits per heavy atom. The van der Waals surface area contributed by atoms with Crippen LogP contribution in [0, 0.1) is 23.4 Å². The molecule has 18 heavy (non-hydrogen) atoms. The minimum absolute atomic E-state index is 0.155. The molecule has 1 fully saturated rings. The first-order valence-corrected chi connectivity index (χ1v) is 6.18. The molecule has 1 N–H and O–H groups in total. The van der Waals surface area contributed by atoms with Crippen LogP contribution in [0.1, 0.15) is 13.3 Å². The average molecular weight is 258 g/mol. The highest BCUT2D eigenvalue weighted by molar-refractivity contribution is 5.48. The van der Waals surface area contributed by atoms with Gasteiger partial charge in [0.1, 0.15) is 5.82 Å². The number of halogens is 3. The topological polar surface area (TPSA) is 15.3 Å². The predicted molar refractivity (Wildman–Crippen MR) is 65.2 cm³/mol. The van der Waals surface area contributed by atoms with Gasteiger partial charge in [-0.1, -0.05) is 6.92 Å². The van der Waals surface area contributed by atoms with Crippen molar-refractivity contribution < 1.29 is 13.2 Å². The van der Waals surface area contributed by atoms with Gasteiger partial charge >= 0.3 is 0 Å². The maximum atomic E-state index is 13.7. The first kappa shape index (κ1) is 13.2. The highest BCUT2D eigenvalue weighted by Crippen LogP contribution is 2.24. The van der Waals surface area contributed by atoms with Crippen LogP contribution in [0.2, 0.25) is 0 Å². The number of nitrogens with zero attached hydrogens (tertiary/aromatic N) is 1. The van der Waals surface area contributed by atoms with Gasteiger partial charge in [0.05, 0.1) is 5.69 Å². The van der Waals surface area contributed by atoms with Crippen molar-refractivity contribution >= 4 is 5.69 Å². The number of hydrogen-bond donors (Lipinski definition) is 1. The number of hydrogen-bond acceptors (Lipinski definition) is 2. The first-order valence-electron chi connectivity index (χ1n) is 6.18. The fourth-order valence-corrected chi connectivity index (χ4v) is 2.25. The lowest BCUT2D eigenvalue weighted by Gasteiger charge is -2.30. The second kappa shape index (κ2) is 5.61. The van der Waals surface area contributed by atoms with Gasteiger partial charge in [0.15, 0.2) is 11.6 Å². The second-order valence-electron chi connectivity index (χ2n) is 4.83. The van der Waals surface area contributed by atoms with E-state index in [0.29, 0.717) is 25.1 Å². The molecule has 0 aromatic heterocycles. The van der Waals surface area contributed by atoms with Crippen LogP contribution < -0.4 is 10.2 Å². The van der Waals surface area contributed by atoms with E-state index in [1.165, 1.54) is 0 Å². The Kier molecular flexibility index (Phi) is 4.11. The molecule has 5 heteroatoms. The maximum Gasteiger partial charge on any atom is 0.161 e. The molecule has 0 aliphatic carbocycles. The van der Waals surface area contributed by atoms with Gasteiger partial charge in [-0.3, -0.25) is 0 Å². The molecule has 2 rings (SSSR count). The van der Waals surface area contributed by atoms with Gasteiger partial charge in [0.25, 0.3) is 0 Å². The Labute approximate surface area is 105 Å². The van der Waals surface area contributed by atoms with Crippen molar-refractivity contribution in [2.45, 2.75) is 13.3 Å². The minimum Gasteiger partial charge on any atom is -0.369 e. The average Bonchev–Trinajstić information content (AvgIpc) is 2.28. The van der Waals surface area contributed by atoms with Crippen LogP contribution in [0.4, 0.5) is 18.9 Å². The molecule has 100 valence electrons. The molecular formula is C13H17F3N2. The molecule has 1 atom stereocenters. The van der Waals surface area contributed by atoms with E-state index in [1.807, 2.05) is 6.92 Å². The molecule has 0 bridgehead atoms. The lowest BCUT2D eigenvalue weighted by atomic mass is 10.1. The Balaban J connectivity index is 2.25. The summed E-state index contributed by atoms with van der Waals surface area (Å²) in [6, 6.07) is 1.57. The van der Waals surface area contributed by atoms with Crippen LogP contribution in [0.25, 0.3) is 0 Å². The third-order valence-corrected chi connectivity index (χ3v) is 3.14. The monoisotopic (exact) mass is 258 g/mol. The number of anilines is 1. The van der Waals surface area contributed by atoms with Crippen LogP contribution >= 0.6 is 0 Å². The van der Waals surface area contributed by atoms with Crippen molar-refractivity contribution in [2.24, 2.45) is 5.92 Å². The lowest BCUT2D eigenvalue weighted by molar-refractivity contribution is 0.458. The van der Waals surface area contributed by atoms with E-state index < -0.39 is 17.5 Å². The standard InChI is InChI=1S/C13H17F3N2/c1-9-7-17-3-2-4-18(8-9)13-6-11(15)10(14)5-12(13)16/h5-6,9,17H,2-4,7-8H2,1H3. The maximum absolute atomic E-state index is 13.7. The van der Waals surface area contributed by atoms with E-state index in [-0.39, 0.29) is 5.69 Å². The third-order valence-electron chi connectivity index (χ3n) is 3.14. The highest BCUT2D eigenvalue weighted by atomic mass is 19.2. The summed E-state index contributed by atoms with van der Waals surface area (Å²) in [6.07, 6.45) is 0.852. The van der Waals surface area contributed by atoms with Crippen LogP contribution in [0.5, 0.6) is 0 Å². The summed E-state index contributed by atoms with van der Waals surface area (Å²) in [5.41, 5.74) is 0.155. The fraction of sp³-hybridized carbons (Fsp3) is 0.538. The summed E-state index contributed by atoms with van der Waals surface area (Å²) in [5.74, 6) is -2.51. The van der Waals surface area contributed by atoms with Gasteiger partial charge in [-0.25, -0.2) is 13.2 Å². The highest BCUT2D eigenvalue weighted by Gasteiger charge is 2.19. The number of rotatable bonds is 1. The van der Waals surface area contributed by atoms with Crippen molar-refractivity contribution in [3.63, 3.8) is 0 Å². The lowest BCUT2D eigenvalue weighted by Crippen LogP contribution is -2.39. The number of nitrogens with one attached hydrogen (secondary N) is 1. The number of benzene rings is 1. The summed E-state index contributed by atoms with van der Waals surface area (Å²) < 4.78 is 39.8. The van der Waals surface area contributed by atoms with E-state index in [2.05, 4.69) is 5.32 Å². The van der Waals surface area contributed by atoms with E-state index in [0.717, 1.165) is 25.6 Å². The Morgan fingerprint density at radius 2 is 1.89 bits per heavy atom. The Morgan fingerprint density at radius 1 is 1.17 bits per heavy atom. The zero-order chi connectivity index (χ0) is 13.1. The van der Waals surface area contributed by atoms with Gasteiger partial charge in [-0.15, -0.1) is 0 Å². The van der Waals surface area contributed by atoms with E-state index in [1.54, 1.807) is 4.90 Å². The molecule has 1 aromatic rings. The van der Waals surface area contributed by atoms with Crippen molar-refractivity contribution in [1.29, 1.82) is 0 Å². The SMILES string of the molecule is CC1CNCCCN(c2cc(F)c(F)cc2F)C1. The van der Waals surface area contributed by atoms with Crippen LogP contribution in [0.3, 0.4) is 0 Å². The van der Waals surface area contributed by atoms with Crippen LogP contribution in [-0.2, 0) is 0 Å². The molecule has 0 spiro atoms. The molecule has 1 saturated heterocycles. The van der Waals surface area contributed by atoms with Crippen molar-refractivity contribution in [2.75, 3.05) is 31.1 Å². The minimum atomic E-state index is -1.14. The van der Waals surface area contributed by atoms with Crippen molar-refractivity contribution in [1.82, 2.24) is 5.32 Å². The summed E-state index contributed by atoms with van der Waals surface area (Å²) in [6.45, 7) is 5.02. The summed E-state index contributed by atoms with van der Waals surface area (Å²) >= 11 is 0. The Bertz CT molecular complexity index is 423. The summed E-state index contributed by atoms with van der Waals surface area (Å²) in [4.78, 5) is 1.80. The zero-order valence-electron chi connectivity index (χ0n) is 10.3. The van der Waals surface area contributed by atoms with E-state index in [4.69, 9.17) is 0 Å². The molecule has 0 amide bonds. The normalized spacial score (nSPS) is 21.6. The molecule has 1 unspecified atom stereocenters. The first-order chi connectivity index (χ1) is 8.58. The van der Waals surface area contributed by atoms with Gasteiger partial charge < -0.3 is 10.2 Å². The van der Waals surface area contributed by atoms with Gasteiger partial charge in [0, 0.05) is 25.2 Å². The molecule has 1 aliphatic heterocycles. The summed E-state index contributed by atoms with van der Waals surface area (Å²) in [5, 5.41) is 3.29.